The molecule has 0 aliphatic carbocycles. The summed E-state index contributed by atoms with van der Waals surface area (Å²) < 4.78 is 24.3. The Morgan fingerprint density at radius 3 is 0.952 bits per heavy atom. The number of nitrogens with zero attached hydrogens (tertiary/aromatic N) is 2. The van der Waals surface area contributed by atoms with Gasteiger partial charge in [0.25, 0.3) is 7.82 Å². The number of rotatable bonds is 30. The van der Waals surface area contributed by atoms with E-state index in [0.717, 1.165) is 51.9 Å². The van der Waals surface area contributed by atoms with Crippen LogP contribution in [0.2, 0.25) is 0 Å². The number of phosphoric acid groups is 1. The van der Waals surface area contributed by atoms with Crippen molar-refractivity contribution >= 4 is 7.82 Å². The van der Waals surface area contributed by atoms with Crippen LogP contribution in [0.15, 0.2) is 0 Å². The summed E-state index contributed by atoms with van der Waals surface area (Å²) in [4.78, 5) is 17.6. The fourth-order valence-corrected chi connectivity index (χ4v) is 6.52. The minimum Gasteiger partial charge on any atom is -0.756 e. The number of hydrogen-bond donors (Lipinski definition) is 0. The van der Waals surface area contributed by atoms with Crippen molar-refractivity contribution in [2.45, 2.75) is 158 Å². The SMILES string of the molecule is CCCCC(CC)CN(COP(=O)([O-])OCN(CC(CC)CCCC)CC(CC)CCCC)CC(CC)CCCC.[Na+]. The summed E-state index contributed by atoms with van der Waals surface area (Å²) in [5, 5.41) is 0. The summed E-state index contributed by atoms with van der Waals surface area (Å²) in [5.74, 6) is 2.25. The molecule has 0 aliphatic rings. The van der Waals surface area contributed by atoms with Crippen LogP contribution in [0, 0.1) is 23.7 Å². The van der Waals surface area contributed by atoms with Gasteiger partial charge in [0, 0.05) is 26.2 Å². The second-order valence-electron chi connectivity index (χ2n) is 12.7. The molecule has 6 nitrogen and oxygen atoms in total. The van der Waals surface area contributed by atoms with Crippen LogP contribution in [0.5, 0.6) is 0 Å². The molecule has 0 aromatic carbocycles. The summed E-state index contributed by atoms with van der Waals surface area (Å²) in [5.41, 5.74) is 0. The van der Waals surface area contributed by atoms with Crippen molar-refractivity contribution in [1.29, 1.82) is 0 Å². The first-order chi connectivity index (χ1) is 19.7. The van der Waals surface area contributed by atoms with Gasteiger partial charge in [-0.3, -0.25) is 14.4 Å². The van der Waals surface area contributed by atoms with E-state index in [-0.39, 0.29) is 43.0 Å². The van der Waals surface area contributed by atoms with Crippen molar-refractivity contribution < 1.29 is 48.1 Å². The van der Waals surface area contributed by atoms with Crippen LogP contribution in [0.3, 0.4) is 0 Å². The third kappa shape index (κ3) is 23.4. The van der Waals surface area contributed by atoms with Gasteiger partial charge < -0.3 is 13.9 Å². The summed E-state index contributed by atoms with van der Waals surface area (Å²) in [7, 11) is -4.43. The van der Waals surface area contributed by atoms with Gasteiger partial charge in [-0.05, 0) is 49.4 Å². The van der Waals surface area contributed by atoms with E-state index in [1.165, 1.54) is 77.0 Å². The second kappa shape index (κ2) is 29.4. The molecule has 0 aliphatic heterocycles. The molecule has 248 valence electrons. The van der Waals surface area contributed by atoms with Gasteiger partial charge in [-0.25, -0.2) is 0 Å². The van der Waals surface area contributed by atoms with E-state index in [4.69, 9.17) is 9.05 Å². The maximum Gasteiger partial charge on any atom is 1.00 e. The molecule has 0 saturated heterocycles. The summed E-state index contributed by atoms with van der Waals surface area (Å²) in [6.45, 7) is 21.7. The minimum atomic E-state index is -4.43. The van der Waals surface area contributed by atoms with Crippen molar-refractivity contribution in [2.75, 3.05) is 39.6 Å². The summed E-state index contributed by atoms with van der Waals surface area (Å²) in [6.07, 6.45) is 18.8. The quantitative estimate of drug-likeness (QED) is 0.0492. The molecule has 0 bridgehead atoms. The zero-order valence-corrected chi connectivity index (χ0v) is 32.7. The van der Waals surface area contributed by atoms with Crippen molar-refractivity contribution in [3.63, 3.8) is 0 Å². The first kappa shape index (κ1) is 45.2. The molecule has 0 fully saturated rings. The Morgan fingerprint density at radius 1 is 0.524 bits per heavy atom. The Bertz CT molecular complexity index is 546. The normalized spacial score (nSPS) is 16.3. The fourth-order valence-electron chi connectivity index (χ4n) is 5.83. The standard InChI is InChI=1S/C34H73N2O4P.Na/c1-9-17-21-31(13-5)25-35(26-32(14-6)22-18-10-2)29-39-41(37,38)40-30-36(27-33(15-7)23-19-11-3)28-34(16-8)24-20-12-4;/h31-34H,9-30H2,1-8H3,(H,37,38);/q;+1/p-1. The van der Waals surface area contributed by atoms with Crippen LogP contribution in [0.25, 0.3) is 0 Å². The monoisotopic (exact) mass is 627 g/mol. The molecule has 0 rings (SSSR count). The minimum absolute atomic E-state index is 0. The van der Waals surface area contributed by atoms with E-state index in [0.29, 0.717) is 23.7 Å². The number of unbranched alkanes of at least 4 members (excludes halogenated alkanes) is 4. The van der Waals surface area contributed by atoms with Crippen LogP contribution in [0.4, 0.5) is 0 Å². The first-order valence-corrected chi connectivity index (χ1v) is 19.2. The van der Waals surface area contributed by atoms with E-state index < -0.39 is 7.82 Å². The van der Waals surface area contributed by atoms with Gasteiger partial charge in [0.15, 0.2) is 0 Å². The molecule has 0 N–H and O–H groups in total. The van der Waals surface area contributed by atoms with Gasteiger partial charge in [0.2, 0.25) is 0 Å². The maximum absolute atomic E-state index is 13.1. The van der Waals surface area contributed by atoms with Gasteiger partial charge in [-0.1, -0.05) is 132 Å². The van der Waals surface area contributed by atoms with Gasteiger partial charge in [0.1, 0.15) is 13.5 Å². The van der Waals surface area contributed by atoms with Crippen LogP contribution >= 0.6 is 7.82 Å². The van der Waals surface area contributed by atoms with E-state index in [1.54, 1.807) is 0 Å². The third-order valence-corrected chi connectivity index (χ3v) is 9.90. The van der Waals surface area contributed by atoms with Crippen molar-refractivity contribution in [1.82, 2.24) is 9.80 Å². The third-order valence-electron chi connectivity index (χ3n) is 9.04. The van der Waals surface area contributed by atoms with Crippen LogP contribution in [-0.4, -0.2) is 49.4 Å². The zero-order valence-electron chi connectivity index (χ0n) is 29.8. The topological polar surface area (TPSA) is 65.1 Å². The molecule has 0 spiro atoms. The Labute approximate surface area is 285 Å². The van der Waals surface area contributed by atoms with E-state index in [9.17, 15) is 9.46 Å². The smallest absolute Gasteiger partial charge is 0.756 e. The molecule has 42 heavy (non-hydrogen) atoms. The zero-order chi connectivity index (χ0) is 30.9. The van der Waals surface area contributed by atoms with Gasteiger partial charge >= 0.3 is 29.6 Å². The summed E-state index contributed by atoms with van der Waals surface area (Å²) in [6, 6.07) is 0. The molecule has 0 aromatic rings. The second-order valence-corrected chi connectivity index (χ2v) is 14.1. The molecular formula is C34H72N2NaO4P. The van der Waals surface area contributed by atoms with Crippen molar-refractivity contribution in [2.24, 2.45) is 23.7 Å². The Balaban J connectivity index is 0. The Kier molecular flexibility index (Phi) is 31.6. The molecule has 4 atom stereocenters. The predicted octanol–water partition coefficient (Wildman–Crippen LogP) is 6.88. The van der Waals surface area contributed by atoms with E-state index in [2.05, 4.69) is 65.2 Å². The molecule has 8 heteroatoms. The number of hydrogen-bond acceptors (Lipinski definition) is 6. The first-order valence-electron chi connectivity index (χ1n) is 17.8. The molecular weight excluding hydrogens is 554 g/mol. The molecule has 0 radical (unpaired) electrons. The number of phosphoric ester groups is 1. The average molecular weight is 627 g/mol. The van der Waals surface area contributed by atoms with E-state index >= 15 is 0 Å². The van der Waals surface area contributed by atoms with Gasteiger partial charge in [-0.2, -0.15) is 0 Å². The average Bonchev–Trinajstić information content (AvgIpc) is 2.98. The maximum atomic E-state index is 13.1. The predicted molar refractivity (Wildman–Crippen MR) is 176 cm³/mol. The van der Waals surface area contributed by atoms with Crippen LogP contribution in [-0.2, 0) is 13.6 Å². The van der Waals surface area contributed by atoms with Gasteiger partial charge in [0.05, 0.1) is 0 Å². The fraction of sp³-hybridized carbons (Fsp3) is 1.00. The van der Waals surface area contributed by atoms with Gasteiger partial charge in [-0.15, -0.1) is 0 Å². The van der Waals surface area contributed by atoms with Crippen molar-refractivity contribution in [3.8, 4) is 0 Å². The Hall–Kier alpha value is 1.03. The van der Waals surface area contributed by atoms with Crippen molar-refractivity contribution in [3.05, 3.63) is 0 Å². The molecule has 0 amide bonds. The Morgan fingerprint density at radius 2 is 0.762 bits per heavy atom. The molecule has 0 heterocycles. The molecule has 0 aromatic heterocycles. The van der Waals surface area contributed by atoms with Crippen LogP contribution < -0.4 is 34.5 Å². The molecule has 4 unspecified atom stereocenters. The van der Waals surface area contributed by atoms with E-state index in [1.807, 2.05) is 0 Å². The van der Waals surface area contributed by atoms with Crippen LogP contribution in [0.1, 0.15) is 158 Å². The summed E-state index contributed by atoms with van der Waals surface area (Å²) >= 11 is 0. The largest absolute Gasteiger partial charge is 1.00 e. The molecule has 0 saturated carbocycles.